The summed E-state index contributed by atoms with van der Waals surface area (Å²) in [4.78, 5) is 32.3. The first-order valence-corrected chi connectivity index (χ1v) is 11.8. The molecule has 0 spiro atoms. The number of fused-ring (bicyclic) bond motifs is 1. The van der Waals surface area contributed by atoms with E-state index in [-0.39, 0.29) is 23.1 Å². The fraction of sp³-hybridized carbons (Fsp3) is 0.250. The lowest BCUT2D eigenvalue weighted by atomic mass is 9.91. The molecule has 6 heteroatoms. The summed E-state index contributed by atoms with van der Waals surface area (Å²) in [5.74, 6) is -0.310. The number of aromatic nitrogens is 2. The summed E-state index contributed by atoms with van der Waals surface area (Å²) >= 11 is 0. The lowest BCUT2D eigenvalue weighted by molar-refractivity contribution is 0.0922. The molecule has 172 valence electrons. The zero-order valence-corrected chi connectivity index (χ0v) is 19.0. The number of H-pyrrole nitrogens is 1. The van der Waals surface area contributed by atoms with Gasteiger partial charge in [-0.1, -0.05) is 42.5 Å². The third-order valence-corrected chi connectivity index (χ3v) is 6.61. The molecule has 1 aliphatic rings. The van der Waals surface area contributed by atoms with Crippen LogP contribution in [-0.4, -0.2) is 28.0 Å². The highest BCUT2D eigenvalue weighted by Gasteiger charge is 2.23. The fourth-order valence-electron chi connectivity index (χ4n) is 4.66. The van der Waals surface area contributed by atoms with Gasteiger partial charge in [-0.05, 0) is 71.3 Å². The van der Waals surface area contributed by atoms with E-state index in [1.165, 1.54) is 5.56 Å². The summed E-state index contributed by atoms with van der Waals surface area (Å²) in [5.41, 5.74) is 2.74. The predicted molar refractivity (Wildman–Crippen MR) is 135 cm³/mol. The van der Waals surface area contributed by atoms with E-state index in [0.29, 0.717) is 6.04 Å². The number of aromatic amines is 1. The molecule has 1 fully saturated rings. The molecule has 6 nitrogen and oxygen atoms in total. The highest BCUT2D eigenvalue weighted by Crippen LogP contribution is 2.24. The number of nitrogens with one attached hydrogen (secondary N) is 3. The highest BCUT2D eigenvalue weighted by atomic mass is 16.2. The molecule has 5 rings (SSSR count). The number of pyridine rings is 2. The van der Waals surface area contributed by atoms with Crippen molar-refractivity contribution in [3.8, 4) is 11.1 Å². The lowest BCUT2D eigenvalue weighted by Gasteiger charge is -2.29. The van der Waals surface area contributed by atoms with Crippen LogP contribution in [0.5, 0.6) is 0 Å². The molecular weight excluding hydrogens is 424 g/mol. The van der Waals surface area contributed by atoms with E-state index in [2.05, 4.69) is 50.9 Å². The van der Waals surface area contributed by atoms with Crippen LogP contribution in [0, 0.1) is 0 Å². The van der Waals surface area contributed by atoms with Gasteiger partial charge in [0, 0.05) is 37.2 Å². The van der Waals surface area contributed by atoms with Gasteiger partial charge in [0.15, 0.2) is 0 Å². The maximum Gasteiger partial charge on any atom is 0.260 e. The van der Waals surface area contributed by atoms with Crippen LogP contribution < -0.4 is 16.2 Å². The topological polar surface area (TPSA) is 86.9 Å². The predicted octanol–water partition coefficient (Wildman–Crippen LogP) is 4.42. The Kier molecular flexibility index (Phi) is 6.49. The van der Waals surface area contributed by atoms with E-state index in [4.69, 9.17) is 0 Å². The second kappa shape index (κ2) is 10.0. The number of hydrogen-bond donors (Lipinski definition) is 3. The fourth-order valence-corrected chi connectivity index (χ4v) is 4.66. The number of hydrogen-bond acceptors (Lipinski definition) is 4. The molecule has 34 heavy (non-hydrogen) atoms. The number of rotatable bonds is 6. The Labute approximate surface area is 198 Å². The second-order valence-electron chi connectivity index (χ2n) is 8.96. The SMILES string of the molecule is O=C(NC1CCC(NCc2cccnc2)CC1)c1cc(-c2ccc3ccccc3c2)c[nH]c1=O. The van der Waals surface area contributed by atoms with E-state index in [9.17, 15) is 9.59 Å². The van der Waals surface area contributed by atoms with Crippen molar-refractivity contribution in [1.82, 2.24) is 20.6 Å². The molecule has 0 aliphatic heterocycles. The quantitative estimate of drug-likeness (QED) is 0.404. The first-order chi connectivity index (χ1) is 16.7. The van der Waals surface area contributed by atoms with Crippen LogP contribution in [0.4, 0.5) is 0 Å². The van der Waals surface area contributed by atoms with Crippen molar-refractivity contribution in [3.63, 3.8) is 0 Å². The van der Waals surface area contributed by atoms with E-state index in [0.717, 1.165) is 54.1 Å². The van der Waals surface area contributed by atoms with Crippen molar-refractivity contribution in [1.29, 1.82) is 0 Å². The van der Waals surface area contributed by atoms with Gasteiger partial charge in [0.1, 0.15) is 5.56 Å². The summed E-state index contributed by atoms with van der Waals surface area (Å²) in [6.07, 6.45) is 9.07. The van der Waals surface area contributed by atoms with Gasteiger partial charge in [-0.15, -0.1) is 0 Å². The first kappa shape index (κ1) is 22.0. The van der Waals surface area contributed by atoms with Crippen LogP contribution in [0.3, 0.4) is 0 Å². The van der Waals surface area contributed by atoms with Gasteiger partial charge < -0.3 is 15.6 Å². The van der Waals surface area contributed by atoms with Gasteiger partial charge in [-0.3, -0.25) is 14.6 Å². The van der Waals surface area contributed by atoms with E-state index in [1.807, 2.05) is 30.5 Å². The lowest BCUT2D eigenvalue weighted by Crippen LogP contribution is -2.43. The molecule has 0 bridgehead atoms. The smallest absolute Gasteiger partial charge is 0.260 e. The molecule has 0 unspecified atom stereocenters. The summed E-state index contributed by atoms with van der Waals surface area (Å²) in [6.45, 7) is 0.798. The van der Waals surface area contributed by atoms with Crippen LogP contribution >= 0.6 is 0 Å². The normalized spacial score (nSPS) is 18.0. The van der Waals surface area contributed by atoms with E-state index < -0.39 is 0 Å². The van der Waals surface area contributed by atoms with Crippen molar-refractivity contribution in [2.45, 2.75) is 44.3 Å². The van der Waals surface area contributed by atoms with E-state index >= 15 is 0 Å². The minimum absolute atomic E-state index is 0.0765. The number of carbonyl (C=O) groups excluding carboxylic acids is 1. The van der Waals surface area contributed by atoms with Crippen molar-refractivity contribution in [2.24, 2.45) is 0 Å². The summed E-state index contributed by atoms with van der Waals surface area (Å²) in [7, 11) is 0. The maximum atomic E-state index is 13.0. The Hall–Kier alpha value is -3.77. The molecule has 2 heterocycles. The van der Waals surface area contributed by atoms with Crippen molar-refractivity contribution in [2.75, 3.05) is 0 Å². The van der Waals surface area contributed by atoms with E-state index in [1.54, 1.807) is 18.5 Å². The van der Waals surface area contributed by atoms with Gasteiger partial charge in [0.05, 0.1) is 0 Å². The minimum Gasteiger partial charge on any atom is -0.349 e. The molecule has 0 atom stereocenters. The largest absolute Gasteiger partial charge is 0.349 e. The zero-order valence-electron chi connectivity index (χ0n) is 19.0. The monoisotopic (exact) mass is 452 g/mol. The Morgan fingerprint density at radius 1 is 0.912 bits per heavy atom. The van der Waals surface area contributed by atoms with Crippen LogP contribution in [0.25, 0.3) is 21.9 Å². The molecular formula is C28H28N4O2. The van der Waals surface area contributed by atoms with Gasteiger partial charge in [0.2, 0.25) is 0 Å². The summed E-state index contributed by atoms with van der Waals surface area (Å²) in [6, 6.07) is 20.5. The third kappa shape index (κ3) is 5.07. The molecule has 1 amide bonds. The van der Waals surface area contributed by atoms with Gasteiger partial charge in [-0.25, -0.2) is 0 Å². The van der Waals surface area contributed by atoms with Gasteiger partial charge in [0.25, 0.3) is 11.5 Å². The highest BCUT2D eigenvalue weighted by molar-refractivity contribution is 5.95. The molecule has 0 radical (unpaired) electrons. The first-order valence-electron chi connectivity index (χ1n) is 11.8. The third-order valence-electron chi connectivity index (χ3n) is 6.61. The Balaban J connectivity index is 1.21. The minimum atomic E-state index is -0.367. The Bertz CT molecular complexity index is 1340. The number of nitrogens with zero attached hydrogens (tertiary/aromatic N) is 1. The Morgan fingerprint density at radius 2 is 1.71 bits per heavy atom. The average Bonchev–Trinajstić information content (AvgIpc) is 2.89. The Morgan fingerprint density at radius 3 is 2.50 bits per heavy atom. The standard InChI is InChI=1S/C28H28N4O2/c33-27-26(15-23(18-31-27)22-8-7-20-5-1-2-6-21(20)14-22)28(34)32-25-11-9-24(10-12-25)30-17-19-4-3-13-29-16-19/h1-8,13-16,18,24-25,30H,9-12,17H2,(H,31,33)(H,32,34). The molecule has 1 aliphatic carbocycles. The maximum absolute atomic E-state index is 13.0. The molecule has 4 aromatic rings. The molecule has 3 N–H and O–H groups in total. The van der Waals surface area contributed by atoms with Crippen molar-refractivity contribution >= 4 is 16.7 Å². The zero-order chi connectivity index (χ0) is 23.3. The molecule has 1 saturated carbocycles. The van der Waals surface area contributed by atoms with Crippen LogP contribution in [-0.2, 0) is 6.54 Å². The molecule has 2 aromatic heterocycles. The molecule has 0 saturated heterocycles. The average molecular weight is 453 g/mol. The van der Waals surface area contributed by atoms with Crippen molar-refractivity contribution < 1.29 is 4.79 Å². The van der Waals surface area contributed by atoms with Crippen molar-refractivity contribution in [3.05, 3.63) is 101 Å². The van der Waals surface area contributed by atoms with Crippen LogP contribution in [0.2, 0.25) is 0 Å². The summed E-state index contributed by atoms with van der Waals surface area (Å²) < 4.78 is 0. The second-order valence-corrected chi connectivity index (χ2v) is 8.96. The summed E-state index contributed by atoms with van der Waals surface area (Å²) in [5, 5.41) is 8.93. The number of carbonyl (C=O) groups is 1. The van der Waals surface area contributed by atoms with Gasteiger partial charge >= 0.3 is 0 Å². The number of amides is 1. The molecule has 2 aromatic carbocycles. The van der Waals surface area contributed by atoms with Crippen LogP contribution in [0.15, 0.2) is 84.0 Å². The number of benzene rings is 2. The van der Waals surface area contributed by atoms with Crippen LogP contribution in [0.1, 0.15) is 41.6 Å². The van der Waals surface area contributed by atoms with Gasteiger partial charge in [-0.2, -0.15) is 0 Å².